The van der Waals surface area contributed by atoms with Crippen LogP contribution < -0.4 is 19.7 Å². The smallest absolute Gasteiger partial charge is 0.258 e. The lowest BCUT2D eigenvalue weighted by Gasteiger charge is -2.24. The molecule has 0 aromatic heterocycles. The van der Waals surface area contributed by atoms with Gasteiger partial charge in [0.15, 0.2) is 11.5 Å². The second-order valence-electron chi connectivity index (χ2n) is 9.14. The van der Waals surface area contributed by atoms with E-state index >= 15 is 0 Å². The summed E-state index contributed by atoms with van der Waals surface area (Å²) >= 11 is 0. The van der Waals surface area contributed by atoms with Gasteiger partial charge in [-0.05, 0) is 71.6 Å². The minimum Gasteiger partial charge on any atom is -0.454 e. The number of rotatable bonds is 8. The van der Waals surface area contributed by atoms with E-state index in [0.717, 1.165) is 16.7 Å². The Morgan fingerprint density at radius 2 is 1.61 bits per heavy atom. The number of benzene rings is 4. The van der Waals surface area contributed by atoms with Crippen LogP contribution in [0.15, 0.2) is 91.0 Å². The molecular formula is C31H27FN2O4. The summed E-state index contributed by atoms with van der Waals surface area (Å²) in [5, 5.41) is 2.92. The molecule has 6 nitrogen and oxygen atoms in total. The molecule has 1 aliphatic rings. The molecule has 0 aliphatic carbocycles. The van der Waals surface area contributed by atoms with E-state index < -0.39 is 0 Å². The van der Waals surface area contributed by atoms with Crippen LogP contribution in [0.3, 0.4) is 0 Å². The molecule has 1 heterocycles. The number of carbonyl (C=O) groups is 2. The van der Waals surface area contributed by atoms with Crippen LogP contribution in [0.4, 0.5) is 10.1 Å². The number of halogens is 1. The highest BCUT2D eigenvalue weighted by Crippen LogP contribution is 2.32. The Morgan fingerprint density at radius 3 is 2.39 bits per heavy atom. The lowest BCUT2D eigenvalue weighted by atomic mass is 10.1. The minimum absolute atomic E-state index is 0.122. The Morgan fingerprint density at radius 1 is 0.842 bits per heavy atom. The van der Waals surface area contributed by atoms with Gasteiger partial charge >= 0.3 is 0 Å². The molecule has 5 rings (SSSR count). The predicted molar refractivity (Wildman–Crippen MR) is 143 cm³/mol. The summed E-state index contributed by atoms with van der Waals surface area (Å²) in [6, 6.07) is 26.5. The summed E-state index contributed by atoms with van der Waals surface area (Å²) in [6.07, 6.45) is 0.195. The van der Waals surface area contributed by atoms with Gasteiger partial charge in [0.25, 0.3) is 5.91 Å². The molecule has 7 heteroatoms. The van der Waals surface area contributed by atoms with Crippen molar-refractivity contribution < 1.29 is 23.5 Å². The number of nitrogens with zero attached hydrogens (tertiary/aromatic N) is 1. The van der Waals surface area contributed by atoms with Crippen LogP contribution in [0.5, 0.6) is 11.5 Å². The topological polar surface area (TPSA) is 67.9 Å². The Labute approximate surface area is 220 Å². The Balaban J connectivity index is 1.28. The van der Waals surface area contributed by atoms with Crippen molar-refractivity contribution >= 4 is 17.5 Å². The van der Waals surface area contributed by atoms with E-state index in [1.165, 1.54) is 12.1 Å². The van der Waals surface area contributed by atoms with Crippen LogP contribution in [-0.4, -0.2) is 18.6 Å². The van der Waals surface area contributed by atoms with Crippen molar-refractivity contribution in [3.63, 3.8) is 0 Å². The number of fused-ring (bicyclic) bond motifs is 1. The largest absolute Gasteiger partial charge is 0.454 e. The Bertz CT molecular complexity index is 1470. The number of hydrogen-bond acceptors (Lipinski definition) is 4. The van der Waals surface area contributed by atoms with E-state index in [9.17, 15) is 14.0 Å². The maximum atomic E-state index is 13.9. The quantitative estimate of drug-likeness (QED) is 0.337. The highest BCUT2D eigenvalue weighted by molar-refractivity contribution is 6.07. The second kappa shape index (κ2) is 11.2. The van der Waals surface area contributed by atoms with Gasteiger partial charge in [-0.25, -0.2) is 4.39 Å². The Kier molecular flexibility index (Phi) is 7.35. The van der Waals surface area contributed by atoms with Crippen molar-refractivity contribution in [2.75, 3.05) is 11.7 Å². The fourth-order valence-corrected chi connectivity index (χ4v) is 4.35. The molecule has 192 valence electrons. The van der Waals surface area contributed by atoms with Gasteiger partial charge in [-0.15, -0.1) is 0 Å². The van der Waals surface area contributed by atoms with E-state index in [4.69, 9.17) is 9.47 Å². The summed E-state index contributed by atoms with van der Waals surface area (Å²) in [5.74, 6) is 0.723. The first-order chi connectivity index (χ1) is 18.5. The molecule has 0 saturated heterocycles. The van der Waals surface area contributed by atoms with E-state index in [1.54, 1.807) is 23.1 Å². The van der Waals surface area contributed by atoms with E-state index in [2.05, 4.69) is 5.32 Å². The zero-order chi connectivity index (χ0) is 26.5. The van der Waals surface area contributed by atoms with Crippen LogP contribution in [0.25, 0.3) is 0 Å². The van der Waals surface area contributed by atoms with Gasteiger partial charge in [0.2, 0.25) is 12.7 Å². The van der Waals surface area contributed by atoms with Crippen molar-refractivity contribution in [3.05, 3.63) is 125 Å². The van der Waals surface area contributed by atoms with Crippen LogP contribution in [-0.2, 0) is 24.3 Å². The minimum atomic E-state index is -0.354. The van der Waals surface area contributed by atoms with E-state index in [-0.39, 0.29) is 37.4 Å². The molecule has 0 fully saturated rings. The van der Waals surface area contributed by atoms with E-state index in [1.807, 2.05) is 67.6 Å². The molecule has 0 bridgehead atoms. The van der Waals surface area contributed by atoms with Gasteiger partial charge in [0, 0.05) is 17.8 Å². The zero-order valence-electron chi connectivity index (χ0n) is 20.9. The molecule has 0 atom stereocenters. The number of nitrogens with one attached hydrogen (secondary N) is 1. The fraction of sp³-hybridized carbons (Fsp3) is 0.161. The molecule has 1 aliphatic heterocycles. The summed E-state index contributed by atoms with van der Waals surface area (Å²) < 4.78 is 24.6. The van der Waals surface area contributed by atoms with Gasteiger partial charge in [-0.3, -0.25) is 9.59 Å². The van der Waals surface area contributed by atoms with Gasteiger partial charge in [-0.2, -0.15) is 0 Å². The normalized spacial score (nSPS) is 11.7. The van der Waals surface area contributed by atoms with Crippen LogP contribution in [0.2, 0.25) is 0 Å². The highest BCUT2D eigenvalue weighted by atomic mass is 19.1. The molecule has 0 radical (unpaired) electrons. The predicted octanol–water partition coefficient (Wildman–Crippen LogP) is 5.57. The first-order valence-corrected chi connectivity index (χ1v) is 12.3. The van der Waals surface area contributed by atoms with Crippen LogP contribution in [0, 0.1) is 12.7 Å². The van der Waals surface area contributed by atoms with Gasteiger partial charge < -0.3 is 19.7 Å². The summed E-state index contributed by atoms with van der Waals surface area (Å²) in [6.45, 7) is 2.68. The number of amides is 2. The van der Waals surface area contributed by atoms with E-state index in [0.29, 0.717) is 34.9 Å². The average molecular weight is 511 g/mol. The van der Waals surface area contributed by atoms with Crippen molar-refractivity contribution in [1.82, 2.24) is 5.32 Å². The SMILES string of the molecule is Cc1ccccc1C(=O)N(Cc1cccc(F)c1)c1ccc(CC(=O)NCc2ccc3c(c2)OCO3)cc1. The average Bonchev–Trinajstić information content (AvgIpc) is 3.39. The molecule has 1 N–H and O–H groups in total. The third-order valence-electron chi connectivity index (χ3n) is 6.39. The number of hydrogen-bond donors (Lipinski definition) is 1. The maximum absolute atomic E-state index is 13.9. The van der Waals surface area contributed by atoms with Gasteiger partial charge in [0.05, 0.1) is 13.0 Å². The number of aryl methyl sites for hydroxylation is 1. The number of anilines is 1. The standard InChI is InChI=1S/C31H27FN2O4/c1-21-5-2-3-8-27(21)31(36)34(19-24-6-4-7-25(32)15-24)26-12-9-22(10-13-26)17-30(35)33-18-23-11-14-28-29(16-23)38-20-37-28/h2-16H,17-20H2,1H3,(H,33,35). The molecule has 0 spiro atoms. The molecule has 0 saturated carbocycles. The fourth-order valence-electron chi connectivity index (χ4n) is 4.35. The summed E-state index contributed by atoms with van der Waals surface area (Å²) in [7, 11) is 0. The monoisotopic (exact) mass is 510 g/mol. The Hall–Kier alpha value is -4.65. The first kappa shape index (κ1) is 25.0. The third-order valence-corrected chi connectivity index (χ3v) is 6.39. The summed E-state index contributed by atoms with van der Waals surface area (Å²) in [5.41, 5.74) is 4.51. The van der Waals surface area contributed by atoms with Crippen LogP contribution >= 0.6 is 0 Å². The third kappa shape index (κ3) is 5.83. The maximum Gasteiger partial charge on any atom is 0.258 e. The van der Waals surface area contributed by atoms with Crippen molar-refractivity contribution in [2.45, 2.75) is 26.4 Å². The van der Waals surface area contributed by atoms with Crippen molar-refractivity contribution in [1.29, 1.82) is 0 Å². The molecular weight excluding hydrogens is 483 g/mol. The van der Waals surface area contributed by atoms with Crippen molar-refractivity contribution in [2.24, 2.45) is 0 Å². The van der Waals surface area contributed by atoms with Gasteiger partial charge in [0.1, 0.15) is 5.82 Å². The molecule has 4 aromatic carbocycles. The summed E-state index contributed by atoms with van der Waals surface area (Å²) in [4.78, 5) is 27.8. The lowest BCUT2D eigenvalue weighted by molar-refractivity contribution is -0.120. The van der Waals surface area contributed by atoms with Crippen molar-refractivity contribution in [3.8, 4) is 11.5 Å². The second-order valence-corrected chi connectivity index (χ2v) is 9.14. The molecule has 0 unspecified atom stereocenters. The number of carbonyl (C=O) groups excluding carboxylic acids is 2. The highest BCUT2D eigenvalue weighted by Gasteiger charge is 2.20. The van der Waals surface area contributed by atoms with Crippen LogP contribution in [0.1, 0.15) is 32.6 Å². The molecule has 2 amide bonds. The lowest BCUT2D eigenvalue weighted by Crippen LogP contribution is -2.31. The molecule has 4 aromatic rings. The van der Waals surface area contributed by atoms with Gasteiger partial charge in [-0.1, -0.05) is 48.5 Å². The molecule has 38 heavy (non-hydrogen) atoms. The zero-order valence-corrected chi connectivity index (χ0v) is 20.9. The number of ether oxygens (including phenoxy) is 2. The first-order valence-electron chi connectivity index (χ1n) is 12.3.